The first-order chi connectivity index (χ1) is 13.6. The second kappa shape index (κ2) is 8.31. The van der Waals surface area contributed by atoms with E-state index in [9.17, 15) is 10.4 Å². The molecule has 0 amide bonds. The van der Waals surface area contributed by atoms with Gasteiger partial charge in [0, 0.05) is 11.1 Å². The molecule has 1 heterocycles. The van der Waals surface area contributed by atoms with E-state index in [1.807, 2.05) is 44.2 Å². The molecule has 0 spiro atoms. The molecule has 0 unspecified atom stereocenters. The van der Waals surface area contributed by atoms with E-state index in [1.165, 1.54) is 6.07 Å². The van der Waals surface area contributed by atoms with Gasteiger partial charge in [0.15, 0.2) is 11.5 Å². The summed E-state index contributed by atoms with van der Waals surface area (Å²) < 4.78 is 10.9. The lowest BCUT2D eigenvalue weighted by atomic mass is 9.98. The van der Waals surface area contributed by atoms with Crippen LogP contribution in [0.25, 0.3) is 22.4 Å². The highest BCUT2D eigenvalue weighted by Gasteiger charge is 2.15. The van der Waals surface area contributed by atoms with Crippen molar-refractivity contribution in [2.45, 2.75) is 13.8 Å². The van der Waals surface area contributed by atoms with Crippen LogP contribution in [0.2, 0.25) is 0 Å². The Balaban J connectivity index is 2.11. The van der Waals surface area contributed by atoms with Gasteiger partial charge >= 0.3 is 0 Å². The smallest absolute Gasteiger partial charge is 0.161 e. The van der Waals surface area contributed by atoms with Crippen molar-refractivity contribution in [2.75, 3.05) is 18.9 Å². The van der Waals surface area contributed by atoms with Crippen molar-refractivity contribution in [2.24, 2.45) is 0 Å². The summed E-state index contributed by atoms with van der Waals surface area (Å²) >= 11 is 0. The zero-order chi connectivity index (χ0) is 20.1. The summed E-state index contributed by atoms with van der Waals surface area (Å²) in [6, 6.07) is 16.4. The largest absolute Gasteiger partial charge is 0.504 e. The molecule has 3 rings (SSSR count). The third-order valence-electron chi connectivity index (χ3n) is 4.19. The number of nitrogens with zero attached hydrogens (tertiary/aromatic N) is 2. The van der Waals surface area contributed by atoms with E-state index in [-0.39, 0.29) is 17.1 Å². The van der Waals surface area contributed by atoms with Gasteiger partial charge in [0.2, 0.25) is 0 Å². The number of aromatic nitrogens is 1. The average molecular weight is 375 g/mol. The molecule has 2 aromatic carbocycles. The van der Waals surface area contributed by atoms with Crippen LogP contribution in [0.3, 0.4) is 0 Å². The van der Waals surface area contributed by atoms with Crippen molar-refractivity contribution in [1.82, 2.24) is 4.98 Å². The molecule has 0 aliphatic heterocycles. The van der Waals surface area contributed by atoms with Crippen LogP contribution in [-0.2, 0) is 0 Å². The van der Waals surface area contributed by atoms with Gasteiger partial charge in [0.05, 0.1) is 18.9 Å². The highest BCUT2D eigenvalue weighted by Crippen LogP contribution is 2.36. The van der Waals surface area contributed by atoms with Crippen LogP contribution >= 0.6 is 0 Å². The van der Waals surface area contributed by atoms with E-state index in [1.54, 1.807) is 12.1 Å². The maximum absolute atomic E-state index is 9.96. The van der Waals surface area contributed by atoms with E-state index in [2.05, 4.69) is 11.1 Å². The topological polar surface area (TPSA) is 101 Å². The number of hydrogen-bond donors (Lipinski definition) is 2. The number of anilines is 1. The monoisotopic (exact) mass is 375 g/mol. The summed E-state index contributed by atoms with van der Waals surface area (Å²) in [6.45, 7) is 4.77. The minimum absolute atomic E-state index is 0.0397. The van der Waals surface area contributed by atoms with Crippen molar-refractivity contribution in [3.63, 3.8) is 0 Å². The zero-order valence-electron chi connectivity index (χ0n) is 15.8. The van der Waals surface area contributed by atoms with Crippen LogP contribution in [0, 0.1) is 11.3 Å². The Morgan fingerprint density at radius 3 is 2.32 bits per heavy atom. The molecule has 1 aromatic heterocycles. The third kappa shape index (κ3) is 3.84. The molecule has 142 valence electrons. The predicted molar refractivity (Wildman–Crippen MR) is 108 cm³/mol. The van der Waals surface area contributed by atoms with Crippen LogP contribution in [0.4, 0.5) is 5.82 Å². The number of benzene rings is 2. The lowest BCUT2D eigenvalue weighted by molar-refractivity contribution is 0.318. The van der Waals surface area contributed by atoms with Gasteiger partial charge in [0.1, 0.15) is 23.2 Å². The number of phenols is 1. The number of ether oxygens (including phenoxy) is 2. The molecule has 28 heavy (non-hydrogen) atoms. The molecule has 0 bridgehead atoms. The molecule has 0 atom stereocenters. The third-order valence-corrected chi connectivity index (χ3v) is 4.19. The summed E-state index contributed by atoms with van der Waals surface area (Å²) in [4.78, 5) is 4.39. The summed E-state index contributed by atoms with van der Waals surface area (Å²) in [6.07, 6.45) is 0. The van der Waals surface area contributed by atoms with Crippen molar-refractivity contribution >= 4 is 5.82 Å². The molecule has 0 aliphatic rings. The predicted octanol–water partition coefficient (Wildman–Crippen LogP) is 4.37. The number of nitrogen functional groups attached to an aromatic ring is 1. The molecule has 3 N–H and O–H groups in total. The van der Waals surface area contributed by atoms with Gasteiger partial charge in [-0.25, -0.2) is 4.98 Å². The van der Waals surface area contributed by atoms with E-state index >= 15 is 0 Å². The number of rotatable bonds is 6. The van der Waals surface area contributed by atoms with Gasteiger partial charge in [-0.3, -0.25) is 0 Å². The lowest BCUT2D eigenvalue weighted by Gasteiger charge is -2.13. The first-order valence-corrected chi connectivity index (χ1v) is 8.97. The van der Waals surface area contributed by atoms with Crippen molar-refractivity contribution < 1.29 is 14.6 Å². The molecular weight excluding hydrogens is 354 g/mol. The molecule has 6 heteroatoms. The maximum atomic E-state index is 9.96. The fourth-order valence-electron chi connectivity index (χ4n) is 2.90. The molecule has 0 fully saturated rings. The molecular formula is C22H21N3O3. The van der Waals surface area contributed by atoms with Crippen molar-refractivity contribution in [1.29, 1.82) is 5.26 Å². The summed E-state index contributed by atoms with van der Waals surface area (Å²) in [5.74, 6) is 1.31. The number of phenolic OH excluding ortho intramolecular Hbond substituents is 1. The summed E-state index contributed by atoms with van der Waals surface area (Å²) in [5, 5.41) is 19.5. The SMILES string of the molecule is CCOc1ccc(-c2cc(-c3ccc(O)c(OCC)c3)c(C#N)c(N)n2)cc1. The molecule has 0 saturated carbocycles. The van der Waals surface area contributed by atoms with Gasteiger partial charge in [-0.2, -0.15) is 5.26 Å². The average Bonchev–Trinajstić information content (AvgIpc) is 2.70. The van der Waals surface area contributed by atoms with E-state index in [4.69, 9.17) is 15.2 Å². The Bertz CT molecular complexity index is 1020. The number of nitrogens with two attached hydrogens (primary N) is 1. The Morgan fingerprint density at radius 1 is 1.00 bits per heavy atom. The lowest BCUT2D eigenvalue weighted by Crippen LogP contribution is -2.00. The Hall–Kier alpha value is -3.72. The molecule has 6 nitrogen and oxygen atoms in total. The second-order valence-electron chi connectivity index (χ2n) is 6.00. The van der Waals surface area contributed by atoms with E-state index < -0.39 is 0 Å². The minimum atomic E-state index is 0.0397. The summed E-state index contributed by atoms with van der Waals surface area (Å²) in [7, 11) is 0. The normalized spacial score (nSPS) is 10.3. The summed E-state index contributed by atoms with van der Waals surface area (Å²) in [5.41, 5.74) is 9.18. The highest BCUT2D eigenvalue weighted by molar-refractivity contribution is 5.81. The first kappa shape index (κ1) is 19.1. The van der Waals surface area contributed by atoms with E-state index in [0.717, 1.165) is 11.3 Å². The number of hydrogen-bond acceptors (Lipinski definition) is 6. The van der Waals surface area contributed by atoms with Gasteiger partial charge < -0.3 is 20.3 Å². The minimum Gasteiger partial charge on any atom is -0.504 e. The standard InChI is InChI=1S/C22H21N3O3/c1-3-27-16-8-5-14(6-9-16)19-12-17(18(13-23)22(24)25-19)15-7-10-20(26)21(11-15)28-4-2/h5-12,26H,3-4H2,1-2H3,(H2,24,25). The van der Waals surface area contributed by atoms with Crippen molar-refractivity contribution in [3.05, 3.63) is 54.1 Å². The Labute approximate surface area is 163 Å². The fraction of sp³-hybridized carbons (Fsp3) is 0.182. The Kier molecular flexibility index (Phi) is 5.66. The Morgan fingerprint density at radius 2 is 1.68 bits per heavy atom. The van der Waals surface area contributed by atoms with Gasteiger partial charge in [-0.05, 0) is 61.9 Å². The number of aromatic hydroxyl groups is 1. The van der Waals surface area contributed by atoms with Crippen LogP contribution < -0.4 is 15.2 Å². The second-order valence-corrected chi connectivity index (χ2v) is 6.00. The quantitative estimate of drug-likeness (QED) is 0.663. The highest BCUT2D eigenvalue weighted by atomic mass is 16.5. The molecule has 0 aliphatic carbocycles. The van der Waals surface area contributed by atoms with Crippen LogP contribution in [0.1, 0.15) is 19.4 Å². The molecule has 0 saturated heterocycles. The van der Waals surface area contributed by atoms with E-state index in [0.29, 0.717) is 35.8 Å². The zero-order valence-corrected chi connectivity index (χ0v) is 15.8. The first-order valence-electron chi connectivity index (χ1n) is 8.97. The van der Waals surface area contributed by atoms with Gasteiger partial charge in [-0.1, -0.05) is 6.07 Å². The maximum Gasteiger partial charge on any atom is 0.161 e. The van der Waals surface area contributed by atoms with Crippen LogP contribution in [-0.4, -0.2) is 23.3 Å². The van der Waals surface area contributed by atoms with Gasteiger partial charge in [0.25, 0.3) is 0 Å². The molecule has 3 aromatic rings. The van der Waals surface area contributed by atoms with Crippen molar-refractivity contribution in [3.8, 4) is 45.7 Å². The van der Waals surface area contributed by atoms with Crippen LogP contribution in [0.15, 0.2) is 48.5 Å². The number of nitriles is 1. The number of pyridine rings is 1. The van der Waals surface area contributed by atoms with Crippen LogP contribution in [0.5, 0.6) is 17.2 Å². The van der Waals surface area contributed by atoms with Gasteiger partial charge in [-0.15, -0.1) is 0 Å². The molecule has 0 radical (unpaired) electrons. The fourth-order valence-corrected chi connectivity index (χ4v) is 2.90.